The molecule has 0 aromatic heterocycles. The molecule has 0 aliphatic carbocycles. The predicted molar refractivity (Wildman–Crippen MR) is 38.8 cm³/mol. The quantitative estimate of drug-likeness (QED) is 0.608. The van der Waals surface area contributed by atoms with Crippen LogP contribution in [0.4, 0.5) is 0 Å². The number of ether oxygens (including phenoxy) is 2. The molecule has 1 rings (SSSR count). The summed E-state index contributed by atoms with van der Waals surface area (Å²) in [6.07, 6.45) is 0.973. The molecule has 0 radical (unpaired) electrons. The van der Waals surface area contributed by atoms with Gasteiger partial charge in [0.25, 0.3) is 0 Å². The van der Waals surface area contributed by atoms with Crippen LogP contribution in [0.2, 0.25) is 0 Å². The van der Waals surface area contributed by atoms with Gasteiger partial charge in [0.2, 0.25) is 0 Å². The molecule has 1 N–H and O–H groups in total. The molecular formula is C7H15NO2. The summed E-state index contributed by atoms with van der Waals surface area (Å²) in [7, 11) is 1.92. The Morgan fingerprint density at radius 2 is 2.00 bits per heavy atom. The molecule has 0 amide bonds. The van der Waals surface area contributed by atoms with Crippen molar-refractivity contribution in [3.8, 4) is 0 Å². The smallest absolute Gasteiger partial charge is 0.157 e. The Hall–Kier alpha value is -0.120. The van der Waals surface area contributed by atoms with Crippen molar-refractivity contribution >= 4 is 0 Å². The Kier molecular flexibility index (Phi) is 3.12. The summed E-state index contributed by atoms with van der Waals surface area (Å²) in [5.74, 6) is 0. The van der Waals surface area contributed by atoms with Crippen molar-refractivity contribution in [1.29, 1.82) is 0 Å². The number of nitrogens with one attached hydrogen (secondary N) is 1. The number of hydrogen-bond donors (Lipinski definition) is 1. The Bertz CT molecular complexity index is 77.6. The zero-order chi connectivity index (χ0) is 7.40. The van der Waals surface area contributed by atoms with Crippen molar-refractivity contribution in [3.05, 3.63) is 0 Å². The van der Waals surface area contributed by atoms with E-state index >= 15 is 0 Å². The summed E-state index contributed by atoms with van der Waals surface area (Å²) in [6, 6.07) is 0.378. The lowest BCUT2D eigenvalue weighted by molar-refractivity contribution is -0.189. The average molecular weight is 145 g/mol. The van der Waals surface area contributed by atoms with Gasteiger partial charge in [-0.25, -0.2) is 0 Å². The van der Waals surface area contributed by atoms with Crippen LogP contribution in [0.25, 0.3) is 0 Å². The molecule has 1 heterocycles. The fraction of sp³-hybridized carbons (Fsp3) is 1.00. The van der Waals surface area contributed by atoms with E-state index in [0.717, 1.165) is 19.6 Å². The van der Waals surface area contributed by atoms with E-state index in [2.05, 4.69) is 12.2 Å². The summed E-state index contributed by atoms with van der Waals surface area (Å²) < 4.78 is 10.7. The molecule has 0 spiro atoms. The molecule has 1 aliphatic rings. The first kappa shape index (κ1) is 7.98. The first-order valence-electron chi connectivity index (χ1n) is 3.77. The fourth-order valence-electron chi connectivity index (χ4n) is 0.946. The van der Waals surface area contributed by atoms with E-state index in [1.807, 2.05) is 7.05 Å². The molecule has 0 bridgehead atoms. The van der Waals surface area contributed by atoms with E-state index in [-0.39, 0.29) is 6.29 Å². The van der Waals surface area contributed by atoms with Crippen molar-refractivity contribution in [1.82, 2.24) is 5.32 Å². The molecule has 60 valence electrons. The van der Waals surface area contributed by atoms with E-state index in [0.29, 0.717) is 6.04 Å². The van der Waals surface area contributed by atoms with Gasteiger partial charge < -0.3 is 14.8 Å². The lowest BCUT2D eigenvalue weighted by atomic mass is 10.3. The van der Waals surface area contributed by atoms with Crippen molar-refractivity contribution in [3.63, 3.8) is 0 Å². The highest BCUT2D eigenvalue weighted by molar-refractivity contribution is 4.66. The molecular weight excluding hydrogens is 130 g/mol. The Balaban J connectivity index is 2.17. The van der Waals surface area contributed by atoms with Gasteiger partial charge in [-0.1, -0.05) is 6.92 Å². The minimum Gasteiger partial charge on any atom is -0.351 e. The Labute approximate surface area is 61.7 Å². The molecule has 1 fully saturated rings. The molecule has 0 aromatic rings. The van der Waals surface area contributed by atoms with Crippen LogP contribution in [0.15, 0.2) is 0 Å². The summed E-state index contributed by atoms with van der Waals surface area (Å²) in [6.45, 7) is 3.61. The van der Waals surface area contributed by atoms with Crippen LogP contribution in [0.3, 0.4) is 0 Å². The largest absolute Gasteiger partial charge is 0.351 e. The maximum atomic E-state index is 5.35. The summed E-state index contributed by atoms with van der Waals surface area (Å²) in [5, 5.41) is 3.10. The monoisotopic (exact) mass is 145 g/mol. The number of hydrogen-bond acceptors (Lipinski definition) is 3. The average Bonchev–Trinajstić information content (AvgIpc) is 2.05. The molecule has 3 nitrogen and oxygen atoms in total. The normalized spacial score (nSPS) is 34.2. The van der Waals surface area contributed by atoms with Gasteiger partial charge in [-0.05, 0) is 13.5 Å². The van der Waals surface area contributed by atoms with E-state index in [4.69, 9.17) is 9.47 Å². The number of rotatable bonds is 2. The van der Waals surface area contributed by atoms with E-state index in [1.165, 1.54) is 0 Å². The van der Waals surface area contributed by atoms with Gasteiger partial charge in [-0.15, -0.1) is 0 Å². The van der Waals surface area contributed by atoms with Crippen LogP contribution in [0, 0.1) is 0 Å². The maximum absolute atomic E-state index is 5.35. The van der Waals surface area contributed by atoms with Gasteiger partial charge in [0.15, 0.2) is 6.29 Å². The minimum absolute atomic E-state index is 0.0320. The van der Waals surface area contributed by atoms with E-state index < -0.39 is 0 Å². The third kappa shape index (κ3) is 1.94. The van der Waals surface area contributed by atoms with Gasteiger partial charge in [0.05, 0.1) is 19.3 Å². The third-order valence-corrected chi connectivity index (χ3v) is 1.71. The predicted octanol–water partition coefficient (Wildman–Crippen LogP) is 0.357. The molecule has 3 heteroatoms. The van der Waals surface area contributed by atoms with Gasteiger partial charge in [0, 0.05) is 0 Å². The maximum Gasteiger partial charge on any atom is 0.157 e. The lowest BCUT2D eigenvalue weighted by Crippen LogP contribution is -2.42. The van der Waals surface area contributed by atoms with Gasteiger partial charge in [-0.3, -0.25) is 0 Å². The fourth-order valence-corrected chi connectivity index (χ4v) is 0.946. The first-order valence-corrected chi connectivity index (χ1v) is 3.77. The molecule has 1 saturated heterocycles. The van der Waals surface area contributed by atoms with Crippen LogP contribution in [0.5, 0.6) is 0 Å². The van der Waals surface area contributed by atoms with Gasteiger partial charge in [0.1, 0.15) is 0 Å². The van der Waals surface area contributed by atoms with E-state index in [9.17, 15) is 0 Å². The van der Waals surface area contributed by atoms with Crippen LogP contribution in [-0.4, -0.2) is 32.6 Å². The first-order chi connectivity index (χ1) is 4.86. The molecule has 1 aliphatic heterocycles. The van der Waals surface area contributed by atoms with Gasteiger partial charge in [-0.2, -0.15) is 0 Å². The zero-order valence-electron chi connectivity index (χ0n) is 6.59. The summed E-state index contributed by atoms with van der Waals surface area (Å²) in [4.78, 5) is 0. The zero-order valence-corrected chi connectivity index (χ0v) is 6.59. The third-order valence-electron chi connectivity index (χ3n) is 1.71. The second-order valence-electron chi connectivity index (χ2n) is 2.49. The van der Waals surface area contributed by atoms with Crippen molar-refractivity contribution in [2.75, 3.05) is 20.3 Å². The van der Waals surface area contributed by atoms with Crippen molar-refractivity contribution in [2.45, 2.75) is 25.7 Å². The van der Waals surface area contributed by atoms with Crippen LogP contribution in [0.1, 0.15) is 13.3 Å². The minimum atomic E-state index is 0.0320. The second-order valence-corrected chi connectivity index (χ2v) is 2.49. The SMILES string of the molecule is CCC1OCC(NC)CO1. The number of likely N-dealkylation sites (N-methyl/N-ethyl adjacent to an activating group) is 1. The molecule has 0 unspecified atom stereocenters. The van der Waals surface area contributed by atoms with Crippen LogP contribution in [-0.2, 0) is 9.47 Å². The molecule has 0 atom stereocenters. The van der Waals surface area contributed by atoms with Crippen molar-refractivity contribution < 1.29 is 9.47 Å². The summed E-state index contributed by atoms with van der Waals surface area (Å²) >= 11 is 0. The molecule has 0 aromatic carbocycles. The van der Waals surface area contributed by atoms with Crippen molar-refractivity contribution in [2.24, 2.45) is 0 Å². The van der Waals surface area contributed by atoms with E-state index in [1.54, 1.807) is 0 Å². The van der Waals surface area contributed by atoms with Gasteiger partial charge >= 0.3 is 0 Å². The standard InChI is InChI=1S/C7H15NO2/c1-3-7-9-4-6(8-2)5-10-7/h6-8H,3-5H2,1-2H3. The summed E-state index contributed by atoms with van der Waals surface area (Å²) in [5.41, 5.74) is 0. The molecule has 0 saturated carbocycles. The Morgan fingerprint density at radius 1 is 1.40 bits per heavy atom. The highest BCUT2D eigenvalue weighted by Gasteiger charge is 2.18. The topological polar surface area (TPSA) is 30.5 Å². The second kappa shape index (κ2) is 3.91. The highest BCUT2D eigenvalue weighted by atomic mass is 16.7. The lowest BCUT2D eigenvalue weighted by Gasteiger charge is -2.28. The van der Waals surface area contributed by atoms with Crippen LogP contribution < -0.4 is 5.32 Å². The highest BCUT2D eigenvalue weighted by Crippen LogP contribution is 2.07. The molecule has 10 heavy (non-hydrogen) atoms. The van der Waals surface area contributed by atoms with Crippen LogP contribution >= 0.6 is 0 Å². The Morgan fingerprint density at radius 3 is 2.40 bits per heavy atom.